The van der Waals surface area contributed by atoms with Crippen molar-refractivity contribution in [3.63, 3.8) is 0 Å². The Morgan fingerprint density at radius 3 is 2.42 bits per heavy atom. The summed E-state index contributed by atoms with van der Waals surface area (Å²) in [5.41, 5.74) is -1.07. The van der Waals surface area contributed by atoms with E-state index in [0.29, 0.717) is 18.3 Å². The molecule has 0 saturated heterocycles. The molecule has 0 bridgehead atoms. The van der Waals surface area contributed by atoms with Gasteiger partial charge in [0, 0.05) is 6.42 Å². The maximum atomic E-state index is 10.1. The number of rotatable bonds is 0. The van der Waals surface area contributed by atoms with Gasteiger partial charge in [-0.1, -0.05) is 0 Å². The van der Waals surface area contributed by atoms with E-state index in [0.717, 1.165) is 18.8 Å². The van der Waals surface area contributed by atoms with Crippen molar-refractivity contribution in [2.45, 2.75) is 43.8 Å². The van der Waals surface area contributed by atoms with E-state index >= 15 is 0 Å². The number of aliphatic hydroxyl groups is 2. The van der Waals surface area contributed by atoms with Crippen molar-refractivity contribution in [2.24, 2.45) is 17.8 Å². The van der Waals surface area contributed by atoms with Crippen LogP contribution in [0.25, 0.3) is 0 Å². The molecule has 3 saturated carbocycles. The van der Waals surface area contributed by atoms with Gasteiger partial charge in [0.25, 0.3) is 0 Å². The van der Waals surface area contributed by atoms with Gasteiger partial charge in [0.15, 0.2) is 0 Å². The average Bonchev–Trinajstić information content (AvgIpc) is 1.77. The maximum Gasteiger partial charge on any atom is 0.0711 e. The summed E-state index contributed by atoms with van der Waals surface area (Å²) in [6.07, 6.45) is 3.72. The molecule has 3 rings (SSSR count). The Balaban J connectivity index is 1.89. The lowest BCUT2D eigenvalue weighted by atomic mass is 9.39. The molecule has 3 aliphatic carbocycles. The van der Waals surface area contributed by atoms with Crippen LogP contribution in [0.2, 0.25) is 0 Å². The van der Waals surface area contributed by atoms with Crippen LogP contribution in [-0.2, 0) is 0 Å². The van der Waals surface area contributed by atoms with Gasteiger partial charge in [-0.2, -0.15) is 0 Å². The van der Waals surface area contributed by atoms with E-state index in [1.807, 2.05) is 6.92 Å². The molecule has 0 aromatic carbocycles. The standard InChI is InChI=1S/C10H16O2/c1-9(11)3-6-2-7-4-10(12,5-9)8(6)7/h6-8,11-12H,2-5H2,1H3. The van der Waals surface area contributed by atoms with Gasteiger partial charge in [-0.3, -0.25) is 0 Å². The van der Waals surface area contributed by atoms with E-state index in [1.165, 1.54) is 6.42 Å². The molecule has 0 amide bonds. The highest BCUT2D eigenvalue weighted by Gasteiger charge is 2.67. The number of hydrogen-bond donors (Lipinski definition) is 2. The third-order valence-corrected chi connectivity index (χ3v) is 4.25. The van der Waals surface area contributed by atoms with Crippen LogP contribution in [0, 0.1) is 17.8 Å². The minimum atomic E-state index is -0.596. The Labute approximate surface area is 72.6 Å². The third-order valence-electron chi connectivity index (χ3n) is 4.25. The predicted octanol–water partition coefficient (Wildman–Crippen LogP) is 0.918. The summed E-state index contributed by atoms with van der Waals surface area (Å²) in [5.74, 6) is 1.98. The van der Waals surface area contributed by atoms with Gasteiger partial charge >= 0.3 is 0 Å². The quantitative estimate of drug-likeness (QED) is 0.564. The Hall–Kier alpha value is -0.0800. The maximum absolute atomic E-state index is 10.1. The zero-order valence-corrected chi connectivity index (χ0v) is 7.45. The highest BCUT2D eigenvalue weighted by Crippen LogP contribution is 2.67. The highest BCUT2D eigenvalue weighted by molar-refractivity contribution is 5.17. The molecule has 0 aromatic heterocycles. The summed E-state index contributed by atoms with van der Waals surface area (Å²) in [5, 5.41) is 20.0. The largest absolute Gasteiger partial charge is 0.390 e. The second-order valence-electron chi connectivity index (χ2n) is 5.47. The topological polar surface area (TPSA) is 40.5 Å². The lowest BCUT2D eigenvalue weighted by Gasteiger charge is -2.68. The van der Waals surface area contributed by atoms with Crippen LogP contribution in [0.4, 0.5) is 0 Å². The van der Waals surface area contributed by atoms with Gasteiger partial charge in [0.05, 0.1) is 11.2 Å². The lowest BCUT2D eigenvalue weighted by molar-refractivity contribution is -0.279. The minimum absolute atomic E-state index is 0.477. The SMILES string of the molecule is CC1(O)CC2CC3CC(O)(C1)C23. The second-order valence-corrected chi connectivity index (χ2v) is 5.47. The van der Waals surface area contributed by atoms with Crippen LogP contribution in [0.15, 0.2) is 0 Å². The molecule has 2 N–H and O–H groups in total. The fourth-order valence-electron chi connectivity index (χ4n) is 4.09. The number of hydrogen-bond acceptors (Lipinski definition) is 2. The molecule has 5 atom stereocenters. The van der Waals surface area contributed by atoms with Crippen molar-refractivity contribution in [1.29, 1.82) is 0 Å². The first-order chi connectivity index (χ1) is 5.50. The summed E-state index contributed by atoms with van der Waals surface area (Å²) in [4.78, 5) is 0. The molecule has 0 radical (unpaired) electrons. The van der Waals surface area contributed by atoms with Gasteiger partial charge in [-0.05, 0) is 43.9 Å². The Morgan fingerprint density at radius 1 is 1.17 bits per heavy atom. The van der Waals surface area contributed by atoms with Crippen LogP contribution in [-0.4, -0.2) is 21.4 Å². The van der Waals surface area contributed by atoms with Gasteiger partial charge < -0.3 is 10.2 Å². The smallest absolute Gasteiger partial charge is 0.0711 e. The summed E-state index contributed by atoms with van der Waals surface area (Å²) in [7, 11) is 0. The minimum Gasteiger partial charge on any atom is -0.390 e. The van der Waals surface area contributed by atoms with E-state index in [2.05, 4.69) is 0 Å². The van der Waals surface area contributed by atoms with Crippen molar-refractivity contribution in [3.8, 4) is 0 Å². The van der Waals surface area contributed by atoms with Gasteiger partial charge in [0.1, 0.15) is 0 Å². The van der Waals surface area contributed by atoms with Crippen LogP contribution in [0.1, 0.15) is 32.6 Å². The molecule has 3 aliphatic rings. The van der Waals surface area contributed by atoms with Crippen molar-refractivity contribution in [1.82, 2.24) is 0 Å². The summed E-state index contributed by atoms with van der Waals surface area (Å²) >= 11 is 0. The molecular weight excluding hydrogens is 152 g/mol. The van der Waals surface area contributed by atoms with E-state index in [-0.39, 0.29) is 0 Å². The van der Waals surface area contributed by atoms with Crippen molar-refractivity contribution in [2.75, 3.05) is 0 Å². The molecule has 0 heterocycles. The molecule has 68 valence electrons. The molecule has 0 spiro atoms. The van der Waals surface area contributed by atoms with Crippen molar-refractivity contribution < 1.29 is 10.2 Å². The van der Waals surface area contributed by atoms with Crippen LogP contribution in [0.5, 0.6) is 0 Å². The monoisotopic (exact) mass is 168 g/mol. The highest BCUT2D eigenvalue weighted by atomic mass is 16.3. The molecule has 2 heteroatoms. The van der Waals surface area contributed by atoms with Gasteiger partial charge in [0.2, 0.25) is 0 Å². The summed E-state index contributed by atoms with van der Waals surface area (Å²) in [6, 6.07) is 0. The van der Waals surface area contributed by atoms with E-state index in [9.17, 15) is 10.2 Å². The van der Waals surface area contributed by atoms with Crippen molar-refractivity contribution >= 4 is 0 Å². The average molecular weight is 168 g/mol. The molecule has 12 heavy (non-hydrogen) atoms. The first-order valence-electron chi connectivity index (χ1n) is 4.95. The third kappa shape index (κ3) is 0.686. The van der Waals surface area contributed by atoms with E-state index in [4.69, 9.17) is 0 Å². The second kappa shape index (κ2) is 1.73. The fourth-order valence-corrected chi connectivity index (χ4v) is 4.09. The molecule has 5 unspecified atom stereocenters. The molecular formula is C10H16O2. The summed E-state index contributed by atoms with van der Waals surface area (Å²) < 4.78 is 0. The zero-order chi connectivity index (χ0) is 8.56. The van der Waals surface area contributed by atoms with Crippen molar-refractivity contribution in [3.05, 3.63) is 0 Å². The fraction of sp³-hybridized carbons (Fsp3) is 1.00. The summed E-state index contributed by atoms with van der Waals surface area (Å²) in [6.45, 7) is 1.87. The molecule has 3 fully saturated rings. The first kappa shape index (κ1) is 7.34. The Morgan fingerprint density at radius 2 is 1.83 bits per heavy atom. The normalized spacial score (nSPS) is 67.8. The lowest BCUT2D eigenvalue weighted by Crippen LogP contribution is -2.70. The van der Waals surface area contributed by atoms with E-state index in [1.54, 1.807) is 0 Å². The van der Waals surface area contributed by atoms with Crippen LogP contribution in [0.3, 0.4) is 0 Å². The van der Waals surface area contributed by atoms with Gasteiger partial charge in [-0.25, -0.2) is 0 Å². The van der Waals surface area contributed by atoms with Gasteiger partial charge in [-0.15, -0.1) is 0 Å². The van der Waals surface area contributed by atoms with E-state index < -0.39 is 11.2 Å². The zero-order valence-electron chi connectivity index (χ0n) is 7.45. The molecule has 2 nitrogen and oxygen atoms in total. The molecule has 0 aromatic rings. The molecule has 0 aliphatic heterocycles. The first-order valence-corrected chi connectivity index (χ1v) is 4.95. The Kier molecular flexibility index (Phi) is 1.06. The Bertz CT molecular complexity index is 236. The predicted molar refractivity (Wildman–Crippen MR) is 44.5 cm³/mol. The van der Waals surface area contributed by atoms with Crippen LogP contribution >= 0.6 is 0 Å². The van der Waals surface area contributed by atoms with Crippen LogP contribution < -0.4 is 0 Å².